The van der Waals surface area contributed by atoms with E-state index in [9.17, 15) is 0 Å². The molecule has 0 aliphatic rings. The molecule has 0 aliphatic carbocycles. The van der Waals surface area contributed by atoms with E-state index in [2.05, 4.69) is 90.1 Å². The van der Waals surface area contributed by atoms with Crippen LogP contribution in [0.25, 0.3) is 21.9 Å². The van der Waals surface area contributed by atoms with Gasteiger partial charge in [0.2, 0.25) is 0 Å². The van der Waals surface area contributed by atoms with Crippen LogP contribution in [0.15, 0.2) is 48.5 Å². The first-order chi connectivity index (χ1) is 11.3. The Balaban J connectivity index is 0.00000225. The molecule has 0 nitrogen and oxygen atoms in total. The molecule has 130 valence electrons. The van der Waals surface area contributed by atoms with Crippen LogP contribution in [-0.4, -0.2) is 0 Å². The maximum Gasteiger partial charge on any atom is 0 e. The molecular weight excluding hydrogens is 379 g/mol. The van der Waals surface area contributed by atoms with Gasteiger partial charge in [0.25, 0.3) is 0 Å². The van der Waals surface area contributed by atoms with Gasteiger partial charge >= 0.3 is 0 Å². The summed E-state index contributed by atoms with van der Waals surface area (Å²) in [5.41, 5.74) is 7.18. The van der Waals surface area contributed by atoms with Gasteiger partial charge in [-0.1, -0.05) is 77.4 Å². The first kappa shape index (κ1) is 20.2. The topological polar surface area (TPSA) is 0 Å². The van der Waals surface area contributed by atoms with E-state index in [1.807, 2.05) is 0 Å². The largest absolute Gasteiger partial charge is 0.152 e. The molecule has 0 aliphatic heterocycles. The van der Waals surface area contributed by atoms with Crippen molar-refractivity contribution in [1.82, 2.24) is 0 Å². The maximum atomic E-state index is 2.38. The number of benzene rings is 2. The predicted molar refractivity (Wildman–Crippen MR) is 107 cm³/mol. The molecule has 0 bridgehead atoms. The van der Waals surface area contributed by atoms with Crippen molar-refractivity contribution in [1.29, 1.82) is 0 Å². The Morgan fingerprint density at radius 2 is 1.64 bits per heavy atom. The van der Waals surface area contributed by atoms with Crippen LogP contribution >= 0.6 is 0 Å². The molecule has 0 heterocycles. The Kier molecular flexibility index (Phi) is 6.21. The molecule has 0 saturated heterocycles. The fourth-order valence-electron chi connectivity index (χ4n) is 3.75. The quantitative estimate of drug-likeness (QED) is 0.398. The van der Waals surface area contributed by atoms with Gasteiger partial charge in [-0.05, 0) is 28.9 Å². The van der Waals surface area contributed by atoms with Crippen LogP contribution in [0.2, 0.25) is 0 Å². The molecule has 3 rings (SSSR count). The molecule has 1 heteroatoms. The van der Waals surface area contributed by atoms with Crippen LogP contribution in [0.4, 0.5) is 0 Å². The summed E-state index contributed by atoms with van der Waals surface area (Å²) in [6.07, 6.45) is 1.19. The second-order valence-corrected chi connectivity index (χ2v) is 8.13. The van der Waals surface area contributed by atoms with Gasteiger partial charge in [0, 0.05) is 26.2 Å². The van der Waals surface area contributed by atoms with E-state index in [-0.39, 0.29) is 31.6 Å². The van der Waals surface area contributed by atoms with Crippen molar-refractivity contribution in [2.24, 2.45) is 0 Å². The average Bonchev–Trinajstić information content (AvgIpc) is 2.92. The van der Waals surface area contributed by atoms with Gasteiger partial charge in [-0.2, -0.15) is 5.56 Å². The van der Waals surface area contributed by atoms with Gasteiger partial charge < -0.3 is 0 Å². The van der Waals surface area contributed by atoms with Crippen LogP contribution in [-0.2, 0) is 31.6 Å². The standard InChI is InChI=1S/C24H29.Zr/c1-7-16(2)18-11-13-19(14-12-18)21-10-8-9-20-15-22(24(4,5)6)17(3)23(20)21;/h8-16H,7H2,1-6H3;/q-1;. The van der Waals surface area contributed by atoms with Gasteiger partial charge in [-0.25, -0.2) is 0 Å². The van der Waals surface area contributed by atoms with Gasteiger partial charge in [0.1, 0.15) is 0 Å². The fourth-order valence-corrected chi connectivity index (χ4v) is 3.75. The molecule has 3 aromatic rings. The van der Waals surface area contributed by atoms with E-state index < -0.39 is 0 Å². The number of rotatable bonds is 3. The summed E-state index contributed by atoms with van der Waals surface area (Å²) in [5, 5.41) is 2.78. The minimum atomic E-state index is 0. The molecule has 1 atom stereocenters. The molecule has 0 spiro atoms. The van der Waals surface area contributed by atoms with Crippen molar-refractivity contribution in [3.63, 3.8) is 0 Å². The molecule has 3 aromatic carbocycles. The number of aryl methyl sites for hydroxylation is 1. The van der Waals surface area contributed by atoms with E-state index in [0.717, 1.165) is 0 Å². The number of fused-ring (bicyclic) bond motifs is 1. The molecule has 25 heavy (non-hydrogen) atoms. The van der Waals surface area contributed by atoms with Crippen LogP contribution in [0.5, 0.6) is 0 Å². The van der Waals surface area contributed by atoms with Crippen molar-refractivity contribution >= 4 is 10.8 Å². The van der Waals surface area contributed by atoms with Crippen LogP contribution in [0.1, 0.15) is 63.6 Å². The van der Waals surface area contributed by atoms with E-state index in [4.69, 9.17) is 0 Å². The molecule has 0 radical (unpaired) electrons. The second kappa shape index (κ2) is 7.67. The monoisotopic (exact) mass is 407 g/mol. The second-order valence-electron chi connectivity index (χ2n) is 8.13. The van der Waals surface area contributed by atoms with Crippen molar-refractivity contribution < 1.29 is 26.2 Å². The fraction of sp³-hybridized carbons (Fsp3) is 0.375. The number of hydrogen-bond donors (Lipinski definition) is 0. The molecule has 0 N–H and O–H groups in total. The van der Waals surface area contributed by atoms with E-state index in [1.54, 1.807) is 0 Å². The minimum absolute atomic E-state index is 0. The number of hydrogen-bond acceptors (Lipinski definition) is 0. The summed E-state index contributed by atoms with van der Waals surface area (Å²) >= 11 is 0. The van der Waals surface area contributed by atoms with Gasteiger partial charge in [-0.3, -0.25) is 0 Å². The Labute approximate surface area is 172 Å². The third-order valence-electron chi connectivity index (χ3n) is 5.39. The maximum absolute atomic E-state index is 2.38. The minimum Gasteiger partial charge on any atom is -0.152 e. The van der Waals surface area contributed by atoms with Crippen molar-refractivity contribution in [2.45, 2.75) is 59.3 Å². The van der Waals surface area contributed by atoms with Gasteiger partial charge in [0.05, 0.1) is 0 Å². The third-order valence-corrected chi connectivity index (χ3v) is 5.39. The molecule has 1 unspecified atom stereocenters. The predicted octanol–water partition coefficient (Wildman–Crippen LogP) is 7.34. The first-order valence-electron chi connectivity index (χ1n) is 9.12. The van der Waals surface area contributed by atoms with Crippen molar-refractivity contribution in [3.8, 4) is 11.1 Å². The zero-order valence-electron chi connectivity index (χ0n) is 16.4. The zero-order chi connectivity index (χ0) is 17.5. The SMILES string of the molecule is CCC(C)c1ccc(-c2cccc3[cH-]c(C(C)(C)C)c(C)c23)cc1.[Zr]. The van der Waals surface area contributed by atoms with E-state index in [0.29, 0.717) is 5.92 Å². The van der Waals surface area contributed by atoms with Crippen molar-refractivity contribution in [2.75, 3.05) is 0 Å². The normalized spacial score (nSPS) is 12.9. The Bertz CT molecular complexity index is 844. The summed E-state index contributed by atoms with van der Waals surface area (Å²) in [5.74, 6) is 0.628. The molecule has 0 fully saturated rings. The van der Waals surface area contributed by atoms with E-state index >= 15 is 0 Å². The molecule has 0 amide bonds. The summed E-state index contributed by atoms with van der Waals surface area (Å²) in [6, 6.07) is 18.2. The van der Waals surface area contributed by atoms with Crippen molar-refractivity contribution in [3.05, 3.63) is 65.2 Å². The Hall–Kier alpha value is -1.07. The van der Waals surface area contributed by atoms with Crippen LogP contribution in [0.3, 0.4) is 0 Å². The molecular formula is C24H29Zr-. The summed E-state index contributed by atoms with van der Waals surface area (Å²) in [7, 11) is 0. The Morgan fingerprint density at radius 1 is 1.00 bits per heavy atom. The Morgan fingerprint density at radius 3 is 2.20 bits per heavy atom. The smallest absolute Gasteiger partial charge is 0 e. The third kappa shape index (κ3) is 3.87. The summed E-state index contributed by atoms with van der Waals surface area (Å²) < 4.78 is 0. The van der Waals surface area contributed by atoms with Crippen LogP contribution < -0.4 is 0 Å². The summed E-state index contributed by atoms with van der Waals surface area (Å²) in [4.78, 5) is 0. The zero-order valence-corrected chi connectivity index (χ0v) is 18.9. The molecule has 0 aromatic heterocycles. The molecule has 0 saturated carbocycles. The average molecular weight is 409 g/mol. The van der Waals surface area contributed by atoms with E-state index in [1.165, 1.54) is 45.0 Å². The first-order valence-corrected chi connectivity index (χ1v) is 9.12. The van der Waals surface area contributed by atoms with Gasteiger partial charge in [0.15, 0.2) is 0 Å². The van der Waals surface area contributed by atoms with Gasteiger partial charge in [-0.15, -0.1) is 34.5 Å². The summed E-state index contributed by atoms with van der Waals surface area (Å²) in [6.45, 7) is 13.7. The van der Waals surface area contributed by atoms with Crippen LogP contribution in [0, 0.1) is 6.92 Å².